The lowest BCUT2D eigenvalue weighted by Gasteiger charge is -2.29. The van der Waals surface area contributed by atoms with Crippen molar-refractivity contribution in [1.82, 2.24) is 4.98 Å². The third kappa shape index (κ3) is 2.84. The van der Waals surface area contributed by atoms with Crippen molar-refractivity contribution in [3.8, 4) is 0 Å². The lowest BCUT2D eigenvalue weighted by molar-refractivity contribution is -0.118. The molecule has 0 fully saturated rings. The number of rotatable bonds is 3. The first-order chi connectivity index (χ1) is 12.5. The largest absolute Gasteiger partial charge is 0.477 e. The zero-order chi connectivity index (χ0) is 18.3. The van der Waals surface area contributed by atoms with Crippen LogP contribution in [-0.2, 0) is 17.6 Å². The topological polar surface area (TPSA) is 73.4 Å². The molecule has 3 aromatic rings. The van der Waals surface area contributed by atoms with Crippen molar-refractivity contribution >= 4 is 40.1 Å². The van der Waals surface area contributed by atoms with Gasteiger partial charge in [0.2, 0.25) is 5.91 Å². The number of amides is 1. The van der Waals surface area contributed by atoms with E-state index in [2.05, 4.69) is 4.98 Å². The second-order valence-electron chi connectivity index (χ2n) is 6.43. The van der Waals surface area contributed by atoms with Crippen LogP contribution in [0.3, 0.4) is 0 Å². The quantitative estimate of drug-likeness (QED) is 0.732. The van der Waals surface area contributed by atoms with Crippen LogP contribution in [0.15, 0.2) is 42.5 Å². The third-order valence-corrected chi connectivity index (χ3v) is 5.06. The SMILES string of the molecule is O=C(O)c1[nH]c2ccc(Cl)cc2c1CC(=O)N1CCCc2ccccc21. The summed E-state index contributed by atoms with van der Waals surface area (Å²) in [6.45, 7) is 0.640. The van der Waals surface area contributed by atoms with Crippen LogP contribution in [0.2, 0.25) is 5.02 Å². The number of aromatic carboxylic acids is 1. The maximum absolute atomic E-state index is 13.0. The van der Waals surface area contributed by atoms with E-state index in [1.54, 1.807) is 23.1 Å². The van der Waals surface area contributed by atoms with Gasteiger partial charge < -0.3 is 15.0 Å². The summed E-state index contributed by atoms with van der Waals surface area (Å²) >= 11 is 6.08. The summed E-state index contributed by atoms with van der Waals surface area (Å²) in [5, 5.41) is 10.7. The molecule has 2 aromatic carbocycles. The molecule has 2 N–H and O–H groups in total. The molecule has 1 aliphatic rings. The van der Waals surface area contributed by atoms with E-state index in [0.29, 0.717) is 28.0 Å². The van der Waals surface area contributed by atoms with Crippen LogP contribution in [0.25, 0.3) is 10.9 Å². The van der Waals surface area contributed by atoms with Gasteiger partial charge in [0.05, 0.1) is 6.42 Å². The summed E-state index contributed by atoms with van der Waals surface area (Å²) in [6.07, 6.45) is 1.85. The summed E-state index contributed by atoms with van der Waals surface area (Å²) in [7, 11) is 0. The Morgan fingerprint density at radius 3 is 2.81 bits per heavy atom. The highest BCUT2D eigenvalue weighted by Crippen LogP contribution is 2.30. The van der Waals surface area contributed by atoms with E-state index in [9.17, 15) is 14.7 Å². The fraction of sp³-hybridized carbons (Fsp3) is 0.200. The first-order valence-electron chi connectivity index (χ1n) is 8.46. The smallest absolute Gasteiger partial charge is 0.352 e. The molecular weight excluding hydrogens is 352 g/mol. The van der Waals surface area contributed by atoms with Gasteiger partial charge in [0.15, 0.2) is 0 Å². The van der Waals surface area contributed by atoms with Crippen LogP contribution in [0.1, 0.15) is 28.0 Å². The number of anilines is 1. The van der Waals surface area contributed by atoms with Crippen molar-refractivity contribution in [3.05, 3.63) is 64.3 Å². The van der Waals surface area contributed by atoms with Crippen LogP contribution in [-0.4, -0.2) is 28.5 Å². The van der Waals surface area contributed by atoms with Gasteiger partial charge in [0, 0.05) is 33.7 Å². The zero-order valence-corrected chi connectivity index (χ0v) is 14.7. The van der Waals surface area contributed by atoms with Crippen LogP contribution in [0.5, 0.6) is 0 Å². The summed E-state index contributed by atoms with van der Waals surface area (Å²) < 4.78 is 0. The normalized spacial score (nSPS) is 13.7. The molecule has 0 saturated heterocycles. The highest BCUT2D eigenvalue weighted by molar-refractivity contribution is 6.31. The van der Waals surface area contributed by atoms with Crippen molar-refractivity contribution in [2.75, 3.05) is 11.4 Å². The Balaban J connectivity index is 1.74. The third-order valence-electron chi connectivity index (χ3n) is 4.82. The number of halogens is 1. The number of para-hydroxylation sites is 1. The number of H-pyrrole nitrogens is 1. The summed E-state index contributed by atoms with van der Waals surface area (Å²) in [6, 6.07) is 13.0. The molecule has 0 atom stereocenters. The molecule has 1 aromatic heterocycles. The van der Waals surface area contributed by atoms with Crippen molar-refractivity contribution in [1.29, 1.82) is 0 Å². The molecule has 4 rings (SSSR count). The maximum atomic E-state index is 13.0. The molecule has 6 heteroatoms. The molecule has 5 nitrogen and oxygen atoms in total. The van der Waals surface area contributed by atoms with Crippen molar-refractivity contribution in [2.45, 2.75) is 19.3 Å². The molecule has 0 bridgehead atoms. The Bertz CT molecular complexity index is 1030. The van der Waals surface area contributed by atoms with Crippen LogP contribution < -0.4 is 4.90 Å². The number of hydrogen-bond acceptors (Lipinski definition) is 2. The van der Waals surface area contributed by atoms with E-state index >= 15 is 0 Å². The number of nitrogens with one attached hydrogen (secondary N) is 1. The minimum atomic E-state index is -1.08. The fourth-order valence-corrected chi connectivity index (χ4v) is 3.80. The number of fused-ring (bicyclic) bond motifs is 2. The van der Waals surface area contributed by atoms with E-state index in [0.717, 1.165) is 24.1 Å². The molecule has 1 aliphatic heterocycles. The maximum Gasteiger partial charge on any atom is 0.352 e. The Labute approximate surface area is 155 Å². The number of carbonyl (C=O) groups is 2. The molecule has 0 saturated carbocycles. The van der Waals surface area contributed by atoms with E-state index in [-0.39, 0.29) is 18.0 Å². The van der Waals surface area contributed by atoms with Crippen LogP contribution in [0.4, 0.5) is 5.69 Å². The number of nitrogens with zero attached hydrogens (tertiary/aromatic N) is 1. The Morgan fingerprint density at radius 1 is 1.19 bits per heavy atom. The minimum absolute atomic E-state index is 0.0102. The minimum Gasteiger partial charge on any atom is -0.477 e. The van der Waals surface area contributed by atoms with Crippen LogP contribution in [0, 0.1) is 0 Å². The average molecular weight is 369 g/mol. The first-order valence-corrected chi connectivity index (χ1v) is 8.84. The van der Waals surface area contributed by atoms with Gasteiger partial charge in [-0.1, -0.05) is 29.8 Å². The fourth-order valence-electron chi connectivity index (χ4n) is 3.63. The number of carbonyl (C=O) groups excluding carboxylic acids is 1. The van der Waals surface area contributed by atoms with Gasteiger partial charge in [-0.2, -0.15) is 0 Å². The number of carboxylic acids is 1. The molecule has 0 radical (unpaired) electrons. The van der Waals surface area contributed by atoms with Gasteiger partial charge in [-0.25, -0.2) is 4.79 Å². The Kier molecular flexibility index (Phi) is 4.17. The standard InChI is InChI=1S/C20H17ClN2O3/c21-13-7-8-16-14(10-13)15(19(22-16)20(25)26)11-18(24)23-9-3-5-12-4-1-2-6-17(12)23/h1-2,4,6-8,10,22H,3,5,9,11H2,(H,25,26). The second-order valence-corrected chi connectivity index (χ2v) is 6.86. The highest BCUT2D eigenvalue weighted by Gasteiger charge is 2.26. The predicted molar refractivity (Wildman–Crippen MR) is 101 cm³/mol. The highest BCUT2D eigenvalue weighted by atomic mass is 35.5. The molecule has 0 aliphatic carbocycles. The predicted octanol–water partition coefficient (Wildman–Crippen LogP) is 4.04. The number of benzene rings is 2. The Hall–Kier alpha value is -2.79. The number of aromatic nitrogens is 1. The van der Waals surface area contributed by atoms with Gasteiger partial charge >= 0.3 is 5.97 Å². The van der Waals surface area contributed by atoms with Gasteiger partial charge in [-0.3, -0.25) is 4.79 Å². The van der Waals surface area contributed by atoms with Crippen molar-refractivity contribution in [3.63, 3.8) is 0 Å². The van der Waals surface area contributed by atoms with Crippen molar-refractivity contribution in [2.24, 2.45) is 0 Å². The van der Waals surface area contributed by atoms with Gasteiger partial charge in [0.1, 0.15) is 5.69 Å². The summed E-state index contributed by atoms with van der Waals surface area (Å²) in [4.78, 5) is 29.3. The number of hydrogen-bond donors (Lipinski definition) is 2. The summed E-state index contributed by atoms with van der Waals surface area (Å²) in [5.74, 6) is -1.19. The first kappa shape index (κ1) is 16.7. The summed E-state index contributed by atoms with van der Waals surface area (Å²) in [5.41, 5.74) is 3.24. The molecule has 2 heterocycles. The molecule has 0 unspecified atom stereocenters. The van der Waals surface area contributed by atoms with Crippen molar-refractivity contribution < 1.29 is 14.7 Å². The molecule has 132 valence electrons. The zero-order valence-electron chi connectivity index (χ0n) is 14.0. The number of aromatic amines is 1. The molecule has 1 amide bonds. The van der Waals surface area contributed by atoms with Gasteiger partial charge in [-0.15, -0.1) is 0 Å². The number of carboxylic acid groups (broad SMARTS) is 1. The molecule has 0 spiro atoms. The lowest BCUT2D eigenvalue weighted by atomic mass is 10.00. The van der Waals surface area contributed by atoms with Crippen LogP contribution >= 0.6 is 11.6 Å². The van der Waals surface area contributed by atoms with Gasteiger partial charge in [-0.05, 0) is 42.7 Å². The molecule has 26 heavy (non-hydrogen) atoms. The Morgan fingerprint density at radius 2 is 2.00 bits per heavy atom. The average Bonchev–Trinajstić information content (AvgIpc) is 2.99. The molecular formula is C20H17ClN2O3. The van der Waals surface area contributed by atoms with E-state index in [1.165, 1.54) is 0 Å². The monoisotopic (exact) mass is 368 g/mol. The van der Waals surface area contributed by atoms with E-state index in [1.807, 2.05) is 24.3 Å². The van der Waals surface area contributed by atoms with Gasteiger partial charge in [0.25, 0.3) is 0 Å². The van der Waals surface area contributed by atoms with E-state index < -0.39 is 5.97 Å². The number of aryl methyl sites for hydroxylation is 1. The van der Waals surface area contributed by atoms with E-state index in [4.69, 9.17) is 11.6 Å². The lowest BCUT2D eigenvalue weighted by Crippen LogP contribution is -2.36. The second kappa shape index (κ2) is 6.50.